The third-order valence-electron chi connectivity index (χ3n) is 6.19. The summed E-state index contributed by atoms with van der Waals surface area (Å²) in [6, 6.07) is 6.65. The Bertz CT molecular complexity index is 1070. The summed E-state index contributed by atoms with van der Waals surface area (Å²) in [6.07, 6.45) is -4.44. The number of para-hydroxylation sites is 1. The minimum atomic E-state index is -4.95. The van der Waals surface area contributed by atoms with E-state index in [-0.39, 0.29) is 43.7 Å². The van der Waals surface area contributed by atoms with E-state index in [1.165, 1.54) is 5.56 Å². The summed E-state index contributed by atoms with van der Waals surface area (Å²) in [5, 5.41) is 14.5. The van der Waals surface area contributed by atoms with Gasteiger partial charge in [0.05, 0.1) is 6.04 Å². The van der Waals surface area contributed by atoms with E-state index in [2.05, 4.69) is 24.1 Å². The number of nitrogens with one attached hydrogen (secondary N) is 3. The molecule has 0 saturated carbocycles. The van der Waals surface area contributed by atoms with E-state index in [0.29, 0.717) is 19.4 Å². The molecule has 2 unspecified atom stereocenters. The highest BCUT2D eigenvalue weighted by Crippen LogP contribution is 2.38. The molecule has 4 N–H and O–H groups in total. The molecule has 2 aromatic rings. The van der Waals surface area contributed by atoms with Crippen molar-refractivity contribution >= 4 is 28.8 Å². The van der Waals surface area contributed by atoms with Gasteiger partial charge in [-0.1, -0.05) is 32.0 Å². The van der Waals surface area contributed by atoms with Gasteiger partial charge in [0, 0.05) is 29.7 Å². The van der Waals surface area contributed by atoms with Gasteiger partial charge in [0.15, 0.2) is 0 Å². The number of unbranched alkanes of at least 4 members (excludes halogenated alkanes) is 1. The highest BCUT2D eigenvalue weighted by atomic mass is 19.4. The SMILES string of the molecule is CC(C)CC1c2[nH]c3ccccc3c2CCN1C(=O)C(CCCCNC(=O)C(F)(F)F)NC(=O)O. The summed E-state index contributed by atoms with van der Waals surface area (Å²) in [7, 11) is 0. The van der Waals surface area contributed by atoms with Gasteiger partial charge in [-0.3, -0.25) is 9.59 Å². The summed E-state index contributed by atoms with van der Waals surface area (Å²) in [5.41, 5.74) is 3.11. The number of alkyl halides is 3. The fraction of sp³-hybridized carbons (Fsp3) is 0.542. The zero-order valence-electron chi connectivity index (χ0n) is 19.7. The number of carbonyl (C=O) groups excluding carboxylic acids is 2. The summed E-state index contributed by atoms with van der Waals surface area (Å²) in [4.78, 5) is 41.0. The van der Waals surface area contributed by atoms with Gasteiger partial charge >= 0.3 is 18.2 Å². The van der Waals surface area contributed by atoms with Gasteiger partial charge in [0.1, 0.15) is 6.04 Å². The van der Waals surface area contributed by atoms with Crippen molar-refractivity contribution in [2.24, 2.45) is 5.92 Å². The van der Waals surface area contributed by atoms with Crippen molar-refractivity contribution in [3.05, 3.63) is 35.5 Å². The fourth-order valence-corrected chi connectivity index (χ4v) is 4.66. The average molecular weight is 497 g/mol. The Balaban J connectivity index is 1.73. The second-order valence-corrected chi connectivity index (χ2v) is 9.24. The van der Waals surface area contributed by atoms with Crippen LogP contribution >= 0.6 is 0 Å². The number of hydrogen-bond acceptors (Lipinski definition) is 3. The highest BCUT2D eigenvalue weighted by molar-refractivity contribution is 5.88. The lowest BCUT2D eigenvalue weighted by Crippen LogP contribution is -2.51. The Hall–Kier alpha value is -3.24. The molecule has 1 aliphatic heterocycles. The van der Waals surface area contributed by atoms with E-state index in [0.717, 1.165) is 16.6 Å². The third-order valence-corrected chi connectivity index (χ3v) is 6.19. The molecular weight excluding hydrogens is 465 g/mol. The maximum absolute atomic E-state index is 13.5. The van der Waals surface area contributed by atoms with Crippen molar-refractivity contribution in [3.63, 3.8) is 0 Å². The van der Waals surface area contributed by atoms with Crippen LogP contribution in [0.2, 0.25) is 0 Å². The molecule has 0 radical (unpaired) electrons. The van der Waals surface area contributed by atoms with E-state index in [1.807, 2.05) is 24.3 Å². The molecule has 8 nitrogen and oxygen atoms in total. The second-order valence-electron chi connectivity index (χ2n) is 9.24. The number of aromatic amines is 1. The maximum Gasteiger partial charge on any atom is 0.471 e. The topological polar surface area (TPSA) is 115 Å². The number of rotatable bonds is 9. The van der Waals surface area contributed by atoms with Gasteiger partial charge in [-0.25, -0.2) is 4.79 Å². The van der Waals surface area contributed by atoms with E-state index >= 15 is 0 Å². The Kier molecular flexibility index (Phi) is 8.29. The first kappa shape index (κ1) is 26.4. The lowest BCUT2D eigenvalue weighted by Gasteiger charge is -2.38. The summed E-state index contributed by atoms with van der Waals surface area (Å²) in [6.45, 7) is 4.33. The zero-order chi connectivity index (χ0) is 25.8. The number of halogens is 3. The molecule has 0 aliphatic carbocycles. The van der Waals surface area contributed by atoms with Crippen LogP contribution in [0.5, 0.6) is 0 Å². The molecule has 0 spiro atoms. The second kappa shape index (κ2) is 11.0. The van der Waals surface area contributed by atoms with Crippen LogP contribution in [0.15, 0.2) is 24.3 Å². The van der Waals surface area contributed by atoms with Crippen LogP contribution in [0.1, 0.15) is 56.8 Å². The molecule has 0 bridgehead atoms. The Morgan fingerprint density at radius 1 is 1.20 bits per heavy atom. The maximum atomic E-state index is 13.5. The standard InChI is InChI=1S/C24H31F3N4O4/c1-14(2)13-19-20-16(15-7-3-4-8-17(15)29-20)10-12-31(19)21(32)18(30-23(34)35)9-5-6-11-28-22(33)24(25,26)27/h3-4,7-8,14,18-19,29-30H,5-6,9-13H2,1-2H3,(H,28,33)(H,34,35). The molecule has 0 saturated heterocycles. The van der Waals surface area contributed by atoms with E-state index < -0.39 is 24.2 Å². The van der Waals surface area contributed by atoms with Crippen LogP contribution in [0, 0.1) is 5.92 Å². The van der Waals surface area contributed by atoms with Crippen molar-refractivity contribution in [1.29, 1.82) is 0 Å². The number of amides is 3. The van der Waals surface area contributed by atoms with Crippen molar-refractivity contribution < 1.29 is 32.7 Å². The van der Waals surface area contributed by atoms with Crippen LogP contribution < -0.4 is 10.6 Å². The van der Waals surface area contributed by atoms with E-state index in [9.17, 15) is 32.7 Å². The minimum Gasteiger partial charge on any atom is -0.465 e. The van der Waals surface area contributed by atoms with Gasteiger partial charge in [-0.05, 0) is 49.7 Å². The Morgan fingerprint density at radius 3 is 2.57 bits per heavy atom. The molecule has 1 aliphatic rings. The van der Waals surface area contributed by atoms with Crippen molar-refractivity contribution in [2.45, 2.75) is 64.2 Å². The number of fused-ring (bicyclic) bond motifs is 3. The molecule has 3 amide bonds. The number of carboxylic acid groups (broad SMARTS) is 1. The predicted molar refractivity (Wildman–Crippen MR) is 124 cm³/mol. The van der Waals surface area contributed by atoms with E-state index in [4.69, 9.17) is 0 Å². The first-order chi connectivity index (χ1) is 16.5. The van der Waals surface area contributed by atoms with Crippen LogP contribution in [0.3, 0.4) is 0 Å². The number of benzene rings is 1. The number of carbonyl (C=O) groups is 3. The first-order valence-electron chi connectivity index (χ1n) is 11.7. The molecule has 2 heterocycles. The summed E-state index contributed by atoms with van der Waals surface area (Å²) < 4.78 is 36.9. The molecule has 1 aromatic heterocycles. The molecule has 1 aromatic carbocycles. The van der Waals surface area contributed by atoms with Crippen LogP contribution in [0.4, 0.5) is 18.0 Å². The number of aromatic nitrogens is 1. The molecule has 192 valence electrons. The van der Waals surface area contributed by atoms with Gasteiger partial charge in [-0.2, -0.15) is 13.2 Å². The third kappa shape index (κ3) is 6.46. The number of hydrogen-bond donors (Lipinski definition) is 4. The molecule has 11 heteroatoms. The summed E-state index contributed by atoms with van der Waals surface area (Å²) >= 11 is 0. The highest BCUT2D eigenvalue weighted by Gasteiger charge is 2.38. The van der Waals surface area contributed by atoms with Crippen molar-refractivity contribution in [2.75, 3.05) is 13.1 Å². The lowest BCUT2D eigenvalue weighted by molar-refractivity contribution is -0.173. The molecule has 3 rings (SSSR count). The van der Waals surface area contributed by atoms with Gasteiger partial charge in [0.25, 0.3) is 0 Å². The molecular formula is C24H31F3N4O4. The first-order valence-corrected chi connectivity index (χ1v) is 11.7. The van der Waals surface area contributed by atoms with Gasteiger partial charge < -0.3 is 25.6 Å². The Morgan fingerprint density at radius 2 is 1.91 bits per heavy atom. The average Bonchev–Trinajstić information content (AvgIpc) is 3.16. The molecule has 35 heavy (non-hydrogen) atoms. The molecule has 2 atom stereocenters. The Labute approximate surface area is 201 Å². The van der Waals surface area contributed by atoms with Crippen LogP contribution in [-0.2, 0) is 16.0 Å². The van der Waals surface area contributed by atoms with E-state index in [1.54, 1.807) is 10.2 Å². The van der Waals surface area contributed by atoms with Crippen molar-refractivity contribution in [1.82, 2.24) is 20.5 Å². The summed E-state index contributed by atoms with van der Waals surface area (Å²) in [5.74, 6) is -2.11. The lowest BCUT2D eigenvalue weighted by atomic mass is 9.90. The van der Waals surface area contributed by atoms with Gasteiger partial charge in [0.2, 0.25) is 5.91 Å². The smallest absolute Gasteiger partial charge is 0.465 e. The number of H-pyrrole nitrogens is 1. The monoisotopic (exact) mass is 496 g/mol. The normalized spacial score (nSPS) is 16.7. The zero-order valence-corrected chi connectivity index (χ0v) is 19.7. The number of nitrogens with zero attached hydrogens (tertiary/aromatic N) is 1. The predicted octanol–water partition coefficient (Wildman–Crippen LogP) is 4.12. The van der Waals surface area contributed by atoms with Gasteiger partial charge in [-0.15, -0.1) is 0 Å². The van der Waals surface area contributed by atoms with Crippen LogP contribution in [-0.4, -0.2) is 58.2 Å². The van der Waals surface area contributed by atoms with Crippen molar-refractivity contribution in [3.8, 4) is 0 Å². The van der Waals surface area contributed by atoms with Crippen LogP contribution in [0.25, 0.3) is 10.9 Å². The largest absolute Gasteiger partial charge is 0.471 e. The fourth-order valence-electron chi connectivity index (χ4n) is 4.66. The quantitative estimate of drug-likeness (QED) is 0.391. The minimum absolute atomic E-state index is 0.109. The molecule has 0 fully saturated rings.